The van der Waals surface area contributed by atoms with Crippen molar-refractivity contribution in [3.8, 4) is 0 Å². The van der Waals surface area contributed by atoms with Crippen LogP contribution in [-0.2, 0) is 9.47 Å². The first-order chi connectivity index (χ1) is 8.37. The van der Waals surface area contributed by atoms with Crippen LogP contribution in [0.3, 0.4) is 0 Å². The Morgan fingerprint density at radius 3 is 2.44 bits per heavy atom. The van der Waals surface area contributed by atoms with Crippen LogP contribution in [0.2, 0.25) is 0 Å². The van der Waals surface area contributed by atoms with Gasteiger partial charge in [0.05, 0.1) is 12.7 Å². The van der Waals surface area contributed by atoms with Crippen molar-refractivity contribution in [2.24, 2.45) is 0 Å². The van der Waals surface area contributed by atoms with Crippen molar-refractivity contribution in [2.45, 2.75) is 62.9 Å². The van der Waals surface area contributed by atoms with E-state index in [9.17, 15) is 4.79 Å². The number of nitrogens with one attached hydrogen (secondary N) is 1. The normalized spacial score (nSPS) is 23.3. The Labute approximate surface area is 118 Å². The average molecular weight is 322 g/mol. The zero-order valence-electron chi connectivity index (χ0n) is 11.5. The minimum atomic E-state index is -0.343. The molecule has 0 unspecified atom stereocenters. The Bertz CT molecular complexity index is 259. The predicted molar refractivity (Wildman–Crippen MR) is 75.2 cm³/mol. The van der Waals surface area contributed by atoms with Gasteiger partial charge in [0.2, 0.25) is 0 Å². The van der Waals surface area contributed by atoms with Gasteiger partial charge < -0.3 is 14.8 Å². The van der Waals surface area contributed by atoms with Crippen LogP contribution in [-0.4, -0.2) is 35.8 Å². The zero-order chi connectivity index (χ0) is 13.6. The number of alkyl carbamates (subject to hydrolysis) is 1. The van der Waals surface area contributed by atoms with Crippen molar-refractivity contribution in [3.05, 3.63) is 0 Å². The molecule has 0 aromatic heterocycles. The lowest BCUT2D eigenvalue weighted by molar-refractivity contribution is 0.00395. The SMILES string of the molecule is CC(C)(C)NC(=O)OCCCCOC1CC(Br)C1. The lowest BCUT2D eigenvalue weighted by Gasteiger charge is -2.31. The Morgan fingerprint density at radius 2 is 1.89 bits per heavy atom. The molecule has 0 aromatic rings. The molecule has 0 radical (unpaired) electrons. The Morgan fingerprint density at radius 1 is 1.28 bits per heavy atom. The van der Waals surface area contributed by atoms with Crippen LogP contribution in [0, 0.1) is 0 Å². The van der Waals surface area contributed by atoms with Crippen LogP contribution >= 0.6 is 15.9 Å². The maximum Gasteiger partial charge on any atom is 0.407 e. The summed E-state index contributed by atoms with van der Waals surface area (Å²) in [4.78, 5) is 12.0. The van der Waals surface area contributed by atoms with Crippen molar-refractivity contribution in [1.29, 1.82) is 0 Å². The Hall–Kier alpha value is -0.290. The summed E-state index contributed by atoms with van der Waals surface area (Å²) in [6.07, 6.45) is 4.10. The highest BCUT2D eigenvalue weighted by atomic mass is 79.9. The Kier molecular flexibility index (Phi) is 6.43. The summed E-state index contributed by atoms with van der Waals surface area (Å²) >= 11 is 3.53. The summed E-state index contributed by atoms with van der Waals surface area (Å²) in [5.74, 6) is 0. The van der Waals surface area contributed by atoms with Crippen molar-refractivity contribution >= 4 is 22.0 Å². The van der Waals surface area contributed by atoms with Gasteiger partial charge in [-0.3, -0.25) is 0 Å². The van der Waals surface area contributed by atoms with Crippen LogP contribution in [0.5, 0.6) is 0 Å². The van der Waals surface area contributed by atoms with Crippen molar-refractivity contribution in [3.63, 3.8) is 0 Å². The van der Waals surface area contributed by atoms with Gasteiger partial charge in [-0.1, -0.05) is 15.9 Å². The number of hydrogen-bond donors (Lipinski definition) is 1. The number of ether oxygens (including phenoxy) is 2. The minimum absolute atomic E-state index is 0.239. The third-order valence-corrected chi connectivity index (χ3v) is 3.39. The van der Waals surface area contributed by atoms with Gasteiger partial charge in [0.25, 0.3) is 0 Å². The second kappa shape index (κ2) is 7.34. The molecule has 0 bridgehead atoms. The summed E-state index contributed by atoms with van der Waals surface area (Å²) < 4.78 is 10.7. The number of hydrogen-bond acceptors (Lipinski definition) is 3. The van der Waals surface area contributed by atoms with Crippen molar-refractivity contribution in [2.75, 3.05) is 13.2 Å². The molecular formula is C13H24BrNO3. The van der Waals surface area contributed by atoms with E-state index in [0.29, 0.717) is 17.5 Å². The standard InChI is InChI=1S/C13H24BrNO3/c1-13(2,3)15-12(16)18-7-5-4-6-17-11-8-10(14)9-11/h10-11H,4-9H2,1-3H3,(H,15,16). The summed E-state index contributed by atoms with van der Waals surface area (Å²) in [6, 6.07) is 0. The highest BCUT2D eigenvalue weighted by Gasteiger charge is 2.27. The first-order valence-electron chi connectivity index (χ1n) is 6.57. The number of amides is 1. The van der Waals surface area contributed by atoms with Crippen LogP contribution in [0.1, 0.15) is 46.5 Å². The molecule has 0 saturated heterocycles. The summed E-state index contributed by atoms with van der Waals surface area (Å²) in [7, 11) is 0. The van der Waals surface area contributed by atoms with E-state index in [1.54, 1.807) is 0 Å². The van der Waals surface area contributed by atoms with E-state index in [4.69, 9.17) is 9.47 Å². The van der Waals surface area contributed by atoms with E-state index in [1.807, 2.05) is 20.8 Å². The lowest BCUT2D eigenvalue weighted by Crippen LogP contribution is -2.41. The summed E-state index contributed by atoms with van der Waals surface area (Å²) in [5, 5.41) is 2.75. The summed E-state index contributed by atoms with van der Waals surface area (Å²) in [6.45, 7) is 7.00. The topological polar surface area (TPSA) is 47.6 Å². The molecule has 1 N–H and O–H groups in total. The van der Waals surface area contributed by atoms with Gasteiger partial charge in [-0.15, -0.1) is 0 Å². The average Bonchev–Trinajstić information content (AvgIpc) is 2.17. The number of unbranched alkanes of at least 4 members (excludes halogenated alkanes) is 1. The van der Waals surface area contributed by atoms with E-state index >= 15 is 0 Å². The van der Waals surface area contributed by atoms with Gasteiger partial charge in [0.15, 0.2) is 0 Å². The molecule has 1 aliphatic carbocycles. The molecule has 0 spiro atoms. The van der Waals surface area contributed by atoms with Crippen molar-refractivity contribution in [1.82, 2.24) is 5.32 Å². The van der Waals surface area contributed by atoms with E-state index in [0.717, 1.165) is 32.3 Å². The molecular weight excluding hydrogens is 298 g/mol. The maximum atomic E-state index is 11.3. The molecule has 1 saturated carbocycles. The fourth-order valence-electron chi connectivity index (χ4n) is 1.60. The van der Waals surface area contributed by atoms with Crippen LogP contribution in [0.25, 0.3) is 0 Å². The van der Waals surface area contributed by atoms with Gasteiger partial charge >= 0.3 is 6.09 Å². The monoisotopic (exact) mass is 321 g/mol. The van der Waals surface area contributed by atoms with E-state index < -0.39 is 0 Å². The molecule has 1 amide bonds. The predicted octanol–water partition coefficient (Wildman–Crippen LogP) is 3.23. The fourth-order valence-corrected chi connectivity index (χ4v) is 2.43. The summed E-state index contributed by atoms with van der Waals surface area (Å²) in [5.41, 5.74) is -0.239. The van der Waals surface area contributed by atoms with Gasteiger partial charge in [-0.25, -0.2) is 4.79 Å². The molecule has 5 heteroatoms. The molecule has 106 valence electrons. The quantitative estimate of drug-likeness (QED) is 0.603. The number of carbonyl (C=O) groups is 1. The van der Waals surface area contributed by atoms with E-state index in [1.165, 1.54) is 0 Å². The molecule has 1 aliphatic rings. The third kappa shape index (κ3) is 7.21. The second-order valence-corrected chi connectivity index (χ2v) is 7.07. The van der Waals surface area contributed by atoms with Crippen LogP contribution in [0.4, 0.5) is 4.79 Å². The van der Waals surface area contributed by atoms with E-state index in [-0.39, 0.29) is 11.6 Å². The number of alkyl halides is 1. The van der Waals surface area contributed by atoms with Gasteiger partial charge in [0, 0.05) is 17.0 Å². The fraction of sp³-hybridized carbons (Fsp3) is 0.923. The maximum absolute atomic E-state index is 11.3. The largest absolute Gasteiger partial charge is 0.450 e. The van der Waals surface area contributed by atoms with Crippen LogP contribution in [0.15, 0.2) is 0 Å². The molecule has 0 heterocycles. The first-order valence-corrected chi connectivity index (χ1v) is 7.49. The highest BCUT2D eigenvalue weighted by molar-refractivity contribution is 9.09. The number of rotatable bonds is 6. The molecule has 0 atom stereocenters. The molecule has 1 rings (SSSR count). The van der Waals surface area contributed by atoms with Gasteiger partial charge in [0.1, 0.15) is 0 Å². The Balaban J connectivity index is 1.88. The molecule has 1 fully saturated rings. The minimum Gasteiger partial charge on any atom is -0.450 e. The second-order valence-electron chi connectivity index (χ2n) is 5.78. The van der Waals surface area contributed by atoms with Crippen molar-refractivity contribution < 1.29 is 14.3 Å². The molecule has 0 aliphatic heterocycles. The zero-order valence-corrected chi connectivity index (χ0v) is 13.1. The number of carbonyl (C=O) groups excluding carboxylic acids is 1. The first kappa shape index (κ1) is 15.8. The molecule has 4 nitrogen and oxygen atoms in total. The van der Waals surface area contributed by atoms with Crippen LogP contribution < -0.4 is 5.32 Å². The highest BCUT2D eigenvalue weighted by Crippen LogP contribution is 2.29. The lowest BCUT2D eigenvalue weighted by atomic mass is 9.96. The smallest absolute Gasteiger partial charge is 0.407 e. The van der Waals surface area contributed by atoms with Gasteiger partial charge in [-0.05, 0) is 46.5 Å². The number of halogens is 1. The molecule has 18 heavy (non-hydrogen) atoms. The van der Waals surface area contributed by atoms with Gasteiger partial charge in [-0.2, -0.15) is 0 Å². The van der Waals surface area contributed by atoms with E-state index in [2.05, 4.69) is 21.2 Å². The third-order valence-electron chi connectivity index (χ3n) is 2.64. The molecule has 0 aromatic carbocycles.